The van der Waals surface area contributed by atoms with Gasteiger partial charge in [-0.2, -0.15) is 0 Å². The van der Waals surface area contributed by atoms with E-state index in [9.17, 15) is 32.4 Å². The first-order valence-corrected chi connectivity index (χ1v) is 19.9. The van der Waals surface area contributed by atoms with Crippen LogP contribution in [0.15, 0.2) is 12.7 Å². The highest BCUT2D eigenvalue weighted by Crippen LogP contribution is 2.65. The Balaban J connectivity index is 1.86. The van der Waals surface area contributed by atoms with E-state index in [0.29, 0.717) is 32.2 Å². The lowest BCUT2D eigenvalue weighted by atomic mass is 9.82. The number of terminal acetylenes is 1. The van der Waals surface area contributed by atoms with Crippen LogP contribution in [0.5, 0.6) is 0 Å². The molecule has 0 spiro atoms. The molecule has 5 atom stereocenters. The Bertz CT molecular complexity index is 1470. The lowest BCUT2D eigenvalue weighted by Gasteiger charge is -2.41. The summed E-state index contributed by atoms with van der Waals surface area (Å²) in [6.45, 7) is 18.6. The summed E-state index contributed by atoms with van der Waals surface area (Å²) in [5.74, 6) is -0.405. The fourth-order valence-electron chi connectivity index (χ4n) is 7.92. The molecule has 0 bridgehead atoms. The first kappa shape index (κ1) is 41.4. The van der Waals surface area contributed by atoms with Gasteiger partial charge in [-0.1, -0.05) is 60.0 Å². The first-order chi connectivity index (χ1) is 23.0. The molecule has 11 heteroatoms. The zero-order valence-corrected chi connectivity index (χ0v) is 32.5. The number of urea groups is 1. The van der Waals surface area contributed by atoms with Gasteiger partial charge >= 0.3 is 6.03 Å². The minimum atomic E-state index is -3.57. The Labute approximate surface area is 300 Å². The Kier molecular flexibility index (Phi) is 13.0. The molecule has 2 N–H and O–H groups in total. The van der Waals surface area contributed by atoms with Crippen LogP contribution in [0.2, 0.25) is 0 Å². The third-order valence-electron chi connectivity index (χ3n) is 11.3. The molecule has 3 fully saturated rings. The first-order valence-electron chi connectivity index (χ1n) is 18.3. The van der Waals surface area contributed by atoms with Gasteiger partial charge in [0.25, 0.3) is 0 Å². The monoisotopic (exact) mass is 715 g/mol. The molecule has 0 radical (unpaired) electrons. The van der Waals surface area contributed by atoms with Gasteiger partial charge in [0.15, 0.2) is 21.4 Å². The van der Waals surface area contributed by atoms with Gasteiger partial charge in [0.05, 0.1) is 22.1 Å². The maximum absolute atomic E-state index is 14.5. The molecule has 1 saturated heterocycles. The summed E-state index contributed by atoms with van der Waals surface area (Å²) in [6, 6.07) is -2.45. The van der Waals surface area contributed by atoms with Gasteiger partial charge in [-0.15, -0.1) is 18.9 Å². The van der Waals surface area contributed by atoms with Gasteiger partial charge < -0.3 is 15.5 Å². The number of hydrogen-bond donors (Lipinski definition) is 2. The van der Waals surface area contributed by atoms with E-state index in [1.807, 2.05) is 20.8 Å². The van der Waals surface area contributed by atoms with Crippen LogP contribution in [-0.4, -0.2) is 77.3 Å². The Morgan fingerprint density at radius 2 is 1.66 bits per heavy atom. The molecule has 50 heavy (non-hydrogen) atoms. The van der Waals surface area contributed by atoms with E-state index in [4.69, 9.17) is 6.42 Å². The highest BCUT2D eigenvalue weighted by molar-refractivity contribution is 7.92. The zero-order chi connectivity index (χ0) is 37.9. The van der Waals surface area contributed by atoms with Crippen molar-refractivity contribution in [3.8, 4) is 12.3 Å². The summed E-state index contributed by atoms with van der Waals surface area (Å²) >= 11 is 0. The van der Waals surface area contributed by atoms with Crippen molar-refractivity contribution >= 4 is 39.1 Å². The van der Waals surface area contributed by atoms with Crippen molar-refractivity contribution in [2.45, 2.75) is 148 Å². The highest BCUT2D eigenvalue weighted by Gasteiger charge is 2.69. The topological polar surface area (TPSA) is 147 Å². The summed E-state index contributed by atoms with van der Waals surface area (Å²) in [5, 5.41) is 5.89. The molecular weight excluding hydrogens is 655 g/mol. The summed E-state index contributed by atoms with van der Waals surface area (Å²) in [4.78, 5) is 70.0. The summed E-state index contributed by atoms with van der Waals surface area (Å²) in [7, 11) is -3.57. The second-order valence-corrected chi connectivity index (χ2v) is 20.3. The smallest absolute Gasteiger partial charge is 0.315 e. The van der Waals surface area contributed by atoms with Crippen molar-refractivity contribution in [2.75, 3.05) is 12.3 Å². The predicted molar refractivity (Wildman–Crippen MR) is 196 cm³/mol. The van der Waals surface area contributed by atoms with E-state index in [1.165, 1.54) is 0 Å². The number of carbonyl (C=O) groups is 5. The Morgan fingerprint density at radius 1 is 1.04 bits per heavy atom. The second kappa shape index (κ2) is 15.7. The van der Waals surface area contributed by atoms with Crippen LogP contribution in [0.4, 0.5) is 4.79 Å². The van der Waals surface area contributed by atoms with E-state index in [1.54, 1.807) is 31.7 Å². The van der Waals surface area contributed by atoms with Crippen molar-refractivity contribution in [2.24, 2.45) is 28.6 Å². The highest BCUT2D eigenvalue weighted by atomic mass is 32.2. The van der Waals surface area contributed by atoms with Crippen molar-refractivity contribution in [3.63, 3.8) is 0 Å². The molecule has 0 aromatic rings. The van der Waals surface area contributed by atoms with Crippen LogP contribution >= 0.6 is 0 Å². The molecule has 3 rings (SSSR count). The van der Waals surface area contributed by atoms with E-state index < -0.39 is 67.0 Å². The standard InChI is InChI=1S/C39H61N3O7S/c1-11-13-16-20-28(43)32(45)26(19-14-12-2)23-29(44)31-30-27(38(30,9)10)24-42(31)34(46)33(36(3,4)5)40-35(47)41-39(21-17-15-18-22-39)25-50(48,49)37(6,7)8/h2,11,26-27,30-31,33H,1,13-25H2,3-10H3,(H2,40,41,47)/t26?,27-,30-,31+,33+/m0/s1. The van der Waals surface area contributed by atoms with Crippen molar-refractivity contribution in [3.05, 3.63) is 12.7 Å². The van der Waals surface area contributed by atoms with Gasteiger partial charge in [0.2, 0.25) is 11.7 Å². The number of ketones is 3. The predicted octanol–water partition coefficient (Wildman–Crippen LogP) is 5.58. The summed E-state index contributed by atoms with van der Waals surface area (Å²) in [6.07, 6.45) is 12.1. The molecule has 1 unspecified atom stereocenters. The van der Waals surface area contributed by atoms with Crippen LogP contribution in [-0.2, 0) is 29.0 Å². The third-order valence-corrected chi connectivity index (χ3v) is 14.1. The minimum absolute atomic E-state index is 0.0712. The number of piperidine rings is 1. The lowest BCUT2D eigenvalue weighted by Crippen LogP contribution is -2.63. The number of allylic oxidation sites excluding steroid dienone is 1. The zero-order valence-electron chi connectivity index (χ0n) is 31.7. The maximum Gasteiger partial charge on any atom is 0.315 e. The number of likely N-dealkylation sites (tertiary alicyclic amines) is 1. The molecule has 1 heterocycles. The van der Waals surface area contributed by atoms with Gasteiger partial charge in [0.1, 0.15) is 6.04 Å². The van der Waals surface area contributed by atoms with E-state index in [0.717, 1.165) is 19.3 Å². The fourth-order valence-corrected chi connectivity index (χ4v) is 9.45. The number of sulfone groups is 1. The van der Waals surface area contributed by atoms with E-state index in [-0.39, 0.29) is 54.5 Å². The van der Waals surface area contributed by atoms with Crippen LogP contribution in [0, 0.1) is 40.9 Å². The van der Waals surface area contributed by atoms with Crippen LogP contribution in [0.1, 0.15) is 126 Å². The average molecular weight is 716 g/mol. The lowest BCUT2D eigenvalue weighted by molar-refractivity contribution is -0.144. The van der Waals surface area contributed by atoms with Crippen molar-refractivity contribution < 1.29 is 32.4 Å². The Morgan fingerprint density at radius 3 is 2.20 bits per heavy atom. The number of nitrogens with zero attached hydrogens (tertiary/aromatic N) is 1. The van der Waals surface area contributed by atoms with Gasteiger partial charge in [-0.05, 0) is 75.5 Å². The number of carbonyl (C=O) groups excluding carboxylic acids is 5. The summed E-state index contributed by atoms with van der Waals surface area (Å²) in [5.41, 5.74) is -1.91. The number of amides is 3. The molecule has 3 aliphatic rings. The van der Waals surface area contributed by atoms with Crippen LogP contribution < -0.4 is 10.6 Å². The molecule has 2 aliphatic carbocycles. The maximum atomic E-state index is 14.5. The number of hydrogen-bond acceptors (Lipinski definition) is 7. The van der Waals surface area contributed by atoms with Crippen LogP contribution in [0.25, 0.3) is 0 Å². The molecule has 0 aromatic carbocycles. The number of unbranched alkanes of at least 4 members (excludes halogenated alkanes) is 1. The largest absolute Gasteiger partial charge is 0.332 e. The molecule has 0 aromatic heterocycles. The van der Waals surface area contributed by atoms with E-state index in [2.05, 4.69) is 37.0 Å². The SMILES string of the molecule is C#CCCC(CC(=O)[C@@H]1[C@@H]2[C@H](CN1C(=O)[C@@H](NC(=O)NC1(CS(=O)(=O)C(C)(C)C)CCCCC1)C(C)(C)C)C2(C)C)C(=O)C(=O)CCCC=C. The molecule has 1 aliphatic heterocycles. The number of fused-ring (bicyclic) bond motifs is 1. The second-order valence-electron chi connectivity index (χ2n) is 17.6. The molecular formula is C39H61N3O7S. The molecule has 2 saturated carbocycles. The molecule has 3 amide bonds. The van der Waals surface area contributed by atoms with Crippen molar-refractivity contribution in [1.82, 2.24) is 15.5 Å². The van der Waals surface area contributed by atoms with Crippen molar-refractivity contribution in [1.29, 1.82) is 0 Å². The quantitative estimate of drug-likeness (QED) is 0.0918. The molecule has 280 valence electrons. The minimum Gasteiger partial charge on any atom is -0.332 e. The number of nitrogens with one attached hydrogen (secondary N) is 2. The Hall–Kier alpha value is -3.00. The third kappa shape index (κ3) is 9.45. The summed E-state index contributed by atoms with van der Waals surface area (Å²) < 4.78 is 25.6. The van der Waals surface area contributed by atoms with Gasteiger partial charge in [-0.25, -0.2) is 13.2 Å². The van der Waals surface area contributed by atoms with E-state index >= 15 is 0 Å². The fraction of sp³-hybridized carbons (Fsp3) is 0.769. The number of rotatable bonds is 16. The average Bonchev–Trinajstić information content (AvgIpc) is 3.31. The molecule has 10 nitrogen and oxygen atoms in total. The van der Waals surface area contributed by atoms with Crippen LogP contribution in [0.3, 0.4) is 0 Å². The number of Topliss-reactive ketones (excluding diaryl/α,β-unsaturated/α-hetero) is 3. The van der Waals surface area contributed by atoms with Gasteiger partial charge in [0, 0.05) is 31.7 Å². The van der Waals surface area contributed by atoms with Gasteiger partial charge in [-0.3, -0.25) is 19.2 Å². The normalized spacial score (nSPS) is 23.8.